The average Bonchev–Trinajstić information content (AvgIpc) is 3.34. The van der Waals surface area contributed by atoms with Crippen LogP contribution in [-0.2, 0) is 11.3 Å². The zero-order valence-electron chi connectivity index (χ0n) is 18.0. The van der Waals surface area contributed by atoms with Gasteiger partial charge in [0, 0.05) is 25.3 Å². The molecule has 0 spiro atoms. The molecule has 158 valence electrons. The van der Waals surface area contributed by atoms with Crippen LogP contribution in [0.3, 0.4) is 0 Å². The van der Waals surface area contributed by atoms with E-state index in [4.69, 9.17) is 14.5 Å². The van der Waals surface area contributed by atoms with Crippen molar-refractivity contribution in [2.24, 2.45) is 0 Å². The van der Waals surface area contributed by atoms with E-state index in [0.717, 1.165) is 16.4 Å². The van der Waals surface area contributed by atoms with E-state index in [2.05, 4.69) is 18.4 Å². The van der Waals surface area contributed by atoms with Crippen LogP contribution in [0.5, 0.6) is 11.5 Å². The van der Waals surface area contributed by atoms with Crippen LogP contribution in [0.2, 0.25) is 0 Å². The fourth-order valence-corrected chi connectivity index (χ4v) is 4.97. The van der Waals surface area contributed by atoms with Crippen molar-refractivity contribution in [1.29, 1.82) is 0 Å². The summed E-state index contributed by atoms with van der Waals surface area (Å²) in [7, 11) is 5.06. The van der Waals surface area contributed by atoms with Crippen molar-refractivity contribution in [2.75, 3.05) is 27.0 Å². The highest BCUT2D eigenvalue weighted by Crippen LogP contribution is 2.35. The first kappa shape index (κ1) is 21.6. The Morgan fingerprint density at radius 3 is 2.55 bits per heavy atom. The van der Waals surface area contributed by atoms with Crippen LogP contribution in [-0.4, -0.2) is 47.4 Å². The van der Waals surface area contributed by atoms with Crippen molar-refractivity contribution in [3.8, 4) is 11.5 Å². The zero-order valence-corrected chi connectivity index (χ0v) is 18.8. The largest absolute Gasteiger partial charge is 0.493 e. The van der Waals surface area contributed by atoms with Crippen molar-refractivity contribution >= 4 is 17.7 Å². The molecule has 2 aromatic rings. The number of imidazole rings is 1. The van der Waals surface area contributed by atoms with Crippen LogP contribution >= 0.6 is 11.8 Å². The molecule has 1 amide bonds. The number of methoxy groups -OCH3 is 2. The number of hydrogen-bond donors (Lipinski definition) is 0. The number of aromatic nitrogens is 2. The van der Waals surface area contributed by atoms with Gasteiger partial charge in [0.05, 0.1) is 25.7 Å². The molecule has 1 fully saturated rings. The molecule has 0 unspecified atom stereocenters. The zero-order chi connectivity index (χ0) is 21.0. The first-order valence-corrected chi connectivity index (χ1v) is 11.1. The lowest BCUT2D eigenvalue weighted by Crippen LogP contribution is -2.28. The van der Waals surface area contributed by atoms with Crippen LogP contribution in [0.15, 0.2) is 23.4 Å². The van der Waals surface area contributed by atoms with Gasteiger partial charge >= 0.3 is 0 Å². The smallest absolute Gasteiger partial charge is 0.233 e. The van der Waals surface area contributed by atoms with Crippen LogP contribution in [0.1, 0.15) is 48.7 Å². The maximum atomic E-state index is 12.7. The number of ether oxygens (including phenoxy) is 2. The molecule has 1 aromatic heterocycles. The summed E-state index contributed by atoms with van der Waals surface area (Å²) in [5, 5.41) is 0.972. The van der Waals surface area contributed by atoms with Crippen LogP contribution in [0, 0.1) is 13.8 Å². The molecule has 0 N–H and O–H groups in total. The van der Waals surface area contributed by atoms with Gasteiger partial charge in [0.2, 0.25) is 5.91 Å². The normalized spacial score (nSPS) is 14.2. The van der Waals surface area contributed by atoms with Gasteiger partial charge in [0.25, 0.3) is 0 Å². The Kier molecular flexibility index (Phi) is 7.11. The molecule has 1 heterocycles. The first-order valence-electron chi connectivity index (χ1n) is 10.1. The van der Waals surface area contributed by atoms with Gasteiger partial charge in [-0.05, 0) is 44.4 Å². The fraction of sp³-hybridized carbons (Fsp3) is 0.545. The molecule has 7 heteroatoms. The van der Waals surface area contributed by atoms with Gasteiger partial charge in [-0.2, -0.15) is 0 Å². The van der Waals surface area contributed by atoms with E-state index in [1.807, 2.05) is 25.2 Å². The molecule has 0 aliphatic heterocycles. The monoisotopic (exact) mass is 417 g/mol. The molecule has 6 nitrogen and oxygen atoms in total. The molecule has 1 aliphatic carbocycles. The highest BCUT2D eigenvalue weighted by atomic mass is 32.2. The quantitative estimate of drug-likeness (QED) is 0.597. The summed E-state index contributed by atoms with van der Waals surface area (Å²) in [6.45, 7) is 4.71. The number of thioether (sulfide) groups is 1. The SMILES string of the molecule is COc1ccc(CN(C)C(=O)CSc2nc(C)c(C)n2C2CCCC2)cc1OC. The topological polar surface area (TPSA) is 56.6 Å². The van der Waals surface area contributed by atoms with Crippen molar-refractivity contribution in [3.05, 3.63) is 35.2 Å². The molecular weight excluding hydrogens is 386 g/mol. The number of carbonyl (C=O) groups is 1. The van der Waals surface area contributed by atoms with E-state index < -0.39 is 0 Å². The number of rotatable bonds is 8. The second kappa shape index (κ2) is 9.57. The lowest BCUT2D eigenvalue weighted by atomic mass is 10.2. The van der Waals surface area contributed by atoms with Gasteiger partial charge < -0.3 is 18.9 Å². The second-order valence-corrected chi connectivity index (χ2v) is 8.54. The number of carbonyl (C=O) groups excluding carboxylic acids is 1. The third-order valence-corrected chi connectivity index (χ3v) is 6.60. The highest BCUT2D eigenvalue weighted by Gasteiger charge is 2.24. The number of hydrogen-bond acceptors (Lipinski definition) is 5. The molecular formula is C22H31N3O3S. The molecule has 1 aliphatic rings. The summed E-state index contributed by atoms with van der Waals surface area (Å²) in [5.74, 6) is 1.82. The second-order valence-electron chi connectivity index (χ2n) is 7.60. The molecule has 29 heavy (non-hydrogen) atoms. The number of aryl methyl sites for hydroxylation is 1. The highest BCUT2D eigenvalue weighted by molar-refractivity contribution is 7.99. The summed E-state index contributed by atoms with van der Waals surface area (Å²) >= 11 is 1.55. The first-order chi connectivity index (χ1) is 13.9. The number of amides is 1. The van der Waals surface area contributed by atoms with Gasteiger partial charge in [-0.15, -0.1) is 0 Å². The van der Waals surface area contributed by atoms with Crippen LogP contribution in [0.25, 0.3) is 0 Å². The van der Waals surface area contributed by atoms with Gasteiger partial charge in [-0.3, -0.25) is 4.79 Å². The molecule has 0 saturated heterocycles. The van der Waals surface area contributed by atoms with E-state index in [9.17, 15) is 4.79 Å². The Morgan fingerprint density at radius 2 is 1.90 bits per heavy atom. The van der Waals surface area contributed by atoms with Crippen molar-refractivity contribution in [2.45, 2.75) is 57.3 Å². The molecule has 0 radical (unpaired) electrons. The predicted molar refractivity (Wildman–Crippen MR) is 116 cm³/mol. The summed E-state index contributed by atoms with van der Waals surface area (Å²) in [4.78, 5) is 19.2. The Morgan fingerprint density at radius 1 is 1.21 bits per heavy atom. The van der Waals surface area contributed by atoms with Crippen molar-refractivity contribution in [3.63, 3.8) is 0 Å². The van der Waals surface area contributed by atoms with Crippen LogP contribution < -0.4 is 9.47 Å². The lowest BCUT2D eigenvalue weighted by molar-refractivity contribution is -0.127. The minimum Gasteiger partial charge on any atom is -0.493 e. The average molecular weight is 418 g/mol. The molecule has 3 rings (SSSR count). The third kappa shape index (κ3) is 4.89. The maximum Gasteiger partial charge on any atom is 0.233 e. The van der Waals surface area contributed by atoms with Crippen LogP contribution in [0.4, 0.5) is 0 Å². The fourth-order valence-electron chi connectivity index (χ4n) is 3.87. The summed E-state index contributed by atoms with van der Waals surface area (Å²) < 4.78 is 13.0. The lowest BCUT2D eigenvalue weighted by Gasteiger charge is -2.19. The Labute approximate surface area is 177 Å². The Hall–Kier alpha value is -2.15. The van der Waals surface area contributed by atoms with E-state index in [-0.39, 0.29) is 5.91 Å². The minimum absolute atomic E-state index is 0.0843. The Bertz CT molecular complexity index is 859. The van der Waals surface area contributed by atoms with Gasteiger partial charge in [0.1, 0.15) is 0 Å². The molecule has 1 saturated carbocycles. The summed E-state index contributed by atoms with van der Waals surface area (Å²) in [6, 6.07) is 6.26. The molecule has 0 bridgehead atoms. The minimum atomic E-state index is 0.0843. The summed E-state index contributed by atoms with van der Waals surface area (Å²) in [5.41, 5.74) is 3.29. The van der Waals surface area contributed by atoms with E-state index in [1.165, 1.54) is 31.4 Å². The van der Waals surface area contributed by atoms with E-state index in [0.29, 0.717) is 29.8 Å². The van der Waals surface area contributed by atoms with E-state index >= 15 is 0 Å². The molecule has 0 atom stereocenters. The van der Waals surface area contributed by atoms with Crippen molar-refractivity contribution in [1.82, 2.24) is 14.5 Å². The molecule has 1 aromatic carbocycles. The predicted octanol–water partition coefficient (Wildman–Crippen LogP) is 4.38. The van der Waals surface area contributed by atoms with Gasteiger partial charge in [-0.25, -0.2) is 4.98 Å². The standard InChI is InChI=1S/C22H31N3O3S/c1-15-16(2)25(18-8-6-7-9-18)22(23-15)29-14-21(26)24(3)13-17-10-11-19(27-4)20(12-17)28-5/h10-12,18H,6-9,13-14H2,1-5H3. The Balaban J connectivity index is 1.63. The van der Waals surface area contributed by atoms with Gasteiger partial charge in [0.15, 0.2) is 16.7 Å². The van der Waals surface area contributed by atoms with Gasteiger partial charge in [-0.1, -0.05) is 30.7 Å². The number of nitrogens with zero attached hydrogens (tertiary/aromatic N) is 3. The third-order valence-electron chi connectivity index (χ3n) is 5.66. The van der Waals surface area contributed by atoms with E-state index in [1.54, 1.807) is 30.9 Å². The van der Waals surface area contributed by atoms with Crippen molar-refractivity contribution < 1.29 is 14.3 Å². The maximum absolute atomic E-state index is 12.7. The summed E-state index contributed by atoms with van der Waals surface area (Å²) in [6.07, 6.45) is 4.96. The number of benzene rings is 1.